The molecule has 2 N–H and O–H groups in total. The second-order valence-electron chi connectivity index (χ2n) is 4.75. The molecule has 1 heterocycles. The number of halogens is 2. The van der Waals surface area contributed by atoms with E-state index in [0.29, 0.717) is 21.4 Å². The van der Waals surface area contributed by atoms with Gasteiger partial charge >= 0.3 is 0 Å². The quantitative estimate of drug-likeness (QED) is 0.852. The van der Waals surface area contributed by atoms with E-state index in [2.05, 4.69) is 31.5 Å². The number of nitrogens with two attached hydrogens (primary N) is 1. The first-order valence-electron chi connectivity index (χ1n) is 6.35. The second-order valence-corrected chi connectivity index (χ2v) is 6.61. The van der Waals surface area contributed by atoms with Gasteiger partial charge in [-0.05, 0) is 63.1 Å². The number of nitrogen functional groups attached to an aromatic ring is 1. The average molecular weight is 358 g/mol. The summed E-state index contributed by atoms with van der Waals surface area (Å²) in [5.74, 6) is -0.373. The van der Waals surface area contributed by atoms with Crippen LogP contribution in [0.3, 0.4) is 0 Å². The molecule has 106 valence electrons. The number of hydrogen-bond donors (Lipinski definition) is 1. The molecule has 0 radical (unpaired) electrons. The lowest BCUT2D eigenvalue weighted by Crippen LogP contribution is -2.08. The van der Waals surface area contributed by atoms with Crippen molar-refractivity contribution in [3.63, 3.8) is 0 Å². The van der Waals surface area contributed by atoms with E-state index in [-0.39, 0.29) is 5.82 Å². The van der Waals surface area contributed by atoms with Crippen LogP contribution in [-0.2, 0) is 0 Å². The molecular weight excluding hydrogens is 345 g/mol. The lowest BCUT2D eigenvalue weighted by molar-refractivity contribution is 0.423. The van der Waals surface area contributed by atoms with Gasteiger partial charge in [0.15, 0.2) is 0 Å². The van der Waals surface area contributed by atoms with E-state index in [9.17, 15) is 4.39 Å². The van der Waals surface area contributed by atoms with Crippen molar-refractivity contribution < 1.29 is 4.39 Å². The summed E-state index contributed by atoms with van der Waals surface area (Å²) in [6.45, 7) is 0. The standard InChI is InChI=1S/C12H13BrFN5S/c13-8-5-11(10(15)6-9(8)14)20-12-16-17-18-19(12)7-3-1-2-4-7/h5-7H,1-4,15H2. The van der Waals surface area contributed by atoms with Crippen molar-refractivity contribution in [3.05, 3.63) is 22.4 Å². The number of tetrazole rings is 1. The molecule has 2 aromatic rings. The van der Waals surface area contributed by atoms with Gasteiger partial charge < -0.3 is 5.73 Å². The number of aromatic nitrogens is 4. The molecule has 3 rings (SSSR count). The Kier molecular flexibility index (Phi) is 3.93. The van der Waals surface area contributed by atoms with Gasteiger partial charge in [-0.1, -0.05) is 12.8 Å². The Morgan fingerprint density at radius 3 is 2.85 bits per heavy atom. The van der Waals surface area contributed by atoms with Gasteiger partial charge in [-0.3, -0.25) is 0 Å². The van der Waals surface area contributed by atoms with E-state index in [4.69, 9.17) is 5.73 Å². The second kappa shape index (κ2) is 5.69. The Balaban J connectivity index is 1.88. The molecule has 1 aromatic carbocycles. The van der Waals surface area contributed by atoms with Gasteiger partial charge in [-0.25, -0.2) is 9.07 Å². The van der Waals surface area contributed by atoms with Crippen molar-refractivity contribution in [2.45, 2.75) is 41.8 Å². The van der Waals surface area contributed by atoms with Gasteiger partial charge in [0.05, 0.1) is 10.5 Å². The van der Waals surface area contributed by atoms with Crippen molar-refractivity contribution in [3.8, 4) is 0 Å². The van der Waals surface area contributed by atoms with Crippen LogP contribution in [0, 0.1) is 5.82 Å². The normalized spacial score (nSPS) is 15.9. The van der Waals surface area contributed by atoms with Gasteiger partial charge in [0.25, 0.3) is 0 Å². The predicted octanol–water partition coefficient (Wildman–Crippen LogP) is 3.42. The van der Waals surface area contributed by atoms with E-state index in [1.54, 1.807) is 6.07 Å². The smallest absolute Gasteiger partial charge is 0.214 e. The van der Waals surface area contributed by atoms with Crippen LogP contribution >= 0.6 is 27.7 Å². The summed E-state index contributed by atoms with van der Waals surface area (Å²) in [7, 11) is 0. The lowest BCUT2D eigenvalue weighted by Gasteiger charge is -2.11. The maximum atomic E-state index is 13.4. The summed E-state index contributed by atoms with van der Waals surface area (Å²) in [6.07, 6.45) is 4.61. The molecule has 0 spiro atoms. The topological polar surface area (TPSA) is 69.6 Å². The summed E-state index contributed by atoms with van der Waals surface area (Å²) >= 11 is 4.53. The third-order valence-electron chi connectivity index (χ3n) is 3.39. The Hall–Kier alpha value is -1.15. The highest BCUT2D eigenvalue weighted by Crippen LogP contribution is 2.37. The predicted molar refractivity (Wildman–Crippen MR) is 78.0 cm³/mol. The van der Waals surface area contributed by atoms with Crippen LogP contribution in [-0.4, -0.2) is 20.2 Å². The number of hydrogen-bond acceptors (Lipinski definition) is 5. The highest BCUT2D eigenvalue weighted by atomic mass is 79.9. The van der Waals surface area contributed by atoms with Crippen molar-refractivity contribution in [2.24, 2.45) is 0 Å². The summed E-state index contributed by atoms with van der Waals surface area (Å²) in [5.41, 5.74) is 6.24. The van der Waals surface area contributed by atoms with Gasteiger partial charge in [-0.2, -0.15) is 0 Å². The molecule has 1 aromatic heterocycles. The molecule has 0 atom stereocenters. The minimum atomic E-state index is -0.373. The highest BCUT2D eigenvalue weighted by Gasteiger charge is 2.22. The largest absolute Gasteiger partial charge is 0.398 e. The molecule has 20 heavy (non-hydrogen) atoms. The first-order chi connectivity index (χ1) is 9.65. The van der Waals surface area contributed by atoms with Crippen LogP contribution in [0.5, 0.6) is 0 Å². The summed E-state index contributed by atoms with van der Waals surface area (Å²) in [6, 6.07) is 3.32. The molecule has 1 aliphatic rings. The molecule has 1 aliphatic carbocycles. The van der Waals surface area contributed by atoms with Gasteiger partial charge in [0.1, 0.15) is 5.82 Å². The molecule has 1 fully saturated rings. The molecule has 0 saturated heterocycles. The van der Waals surface area contributed by atoms with Gasteiger partial charge in [0, 0.05) is 10.6 Å². The fourth-order valence-electron chi connectivity index (χ4n) is 2.36. The lowest BCUT2D eigenvalue weighted by atomic mass is 10.3. The summed E-state index contributed by atoms with van der Waals surface area (Å²) in [5, 5.41) is 12.6. The molecule has 0 aliphatic heterocycles. The van der Waals surface area contributed by atoms with Crippen LogP contribution in [0.1, 0.15) is 31.7 Å². The molecule has 1 saturated carbocycles. The maximum absolute atomic E-state index is 13.4. The third-order valence-corrected chi connectivity index (χ3v) is 5.02. The van der Waals surface area contributed by atoms with Crippen LogP contribution in [0.4, 0.5) is 10.1 Å². The van der Waals surface area contributed by atoms with Gasteiger partial charge in [0.2, 0.25) is 5.16 Å². The van der Waals surface area contributed by atoms with E-state index in [1.165, 1.54) is 30.7 Å². The SMILES string of the molecule is Nc1cc(F)c(Br)cc1Sc1nnnn1C1CCCC1. The van der Waals surface area contributed by atoms with Crippen molar-refractivity contribution in [2.75, 3.05) is 5.73 Å². The zero-order valence-electron chi connectivity index (χ0n) is 10.6. The van der Waals surface area contributed by atoms with Crippen LogP contribution < -0.4 is 5.73 Å². The van der Waals surface area contributed by atoms with Crippen molar-refractivity contribution in [1.29, 1.82) is 0 Å². The zero-order valence-corrected chi connectivity index (χ0v) is 13.0. The molecule has 8 heteroatoms. The van der Waals surface area contributed by atoms with E-state index in [0.717, 1.165) is 17.7 Å². The Morgan fingerprint density at radius 2 is 2.10 bits per heavy atom. The molecule has 0 amide bonds. The monoisotopic (exact) mass is 357 g/mol. The van der Waals surface area contributed by atoms with Crippen molar-refractivity contribution in [1.82, 2.24) is 20.2 Å². The molecule has 0 bridgehead atoms. The van der Waals surface area contributed by atoms with Crippen LogP contribution in [0.25, 0.3) is 0 Å². The van der Waals surface area contributed by atoms with E-state index in [1.807, 2.05) is 4.68 Å². The fraction of sp³-hybridized carbons (Fsp3) is 0.417. The Bertz CT molecular complexity index is 626. The maximum Gasteiger partial charge on any atom is 0.214 e. The molecule has 0 unspecified atom stereocenters. The van der Waals surface area contributed by atoms with Crippen LogP contribution in [0.2, 0.25) is 0 Å². The molecule has 5 nitrogen and oxygen atoms in total. The first kappa shape index (κ1) is 13.8. The highest BCUT2D eigenvalue weighted by molar-refractivity contribution is 9.10. The summed E-state index contributed by atoms with van der Waals surface area (Å²) < 4.78 is 15.6. The Morgan fingerprint density at radius 1 is 1.35 bits per heavy atom. The number of rotatable bonds is 3. The van der Waals surface area contributed by atoms with Gasteiger partial charge in [-0.15, -0.1) is 5.10 Å². The minimum absolute atomic E-state index is 0.359. The van der Waals surface area contributed by atoms with Crippen LogP contribution in [0.15, 0.2) is 26.7 Å². The minimum Gasteiger partial charge on any atom is -0.398 e. The number of benzene rings is 1. The fourth-order valence-corrected chi connectivity index (χ4v) is 3.76. The Labute approximate surface area is 128 Å². The van der Waals surface area contributed by atoms with E-state index >= 15 is 0 Å². The molecular formula is C12H13BrFN5S. The first-order valence-corrected chi connectivity index (χ1v) is 7.96. The zero-order chi connectivity index (χ0) is 14.1. The third kappa shape index (κ3) is 2.67. The summed E-state index contributed by atoms with van der Waals surface area (Å²) in [4.78, 5) is 0.743. The van der Waals surface area contributed by atoms with Crippen molar-refractivity contribution >= 4 is 33.4 Å². The average Bonchev–Trinajstić information content (AvgIpc) is 3.06. The number of anilines is 1. The number of nitrogens with zero attached hydrogens (tertiary/aromatic N) is 4. The van der Waals surface area contributed by atoms with E-state index < -0.39 is 0 Å².